The average Bonchev–Trinajstić information content (AvgIpc) is 3.50. The molecule has 0 bridgehead atoms. The van der Waals surface area contributed by atoms with Crippen molar-refractivity contribution < 1.29 is 39.6 Å². The smallest absolute Gasteiger partial charge is 0.255 e. The van der Waals surface area contributed by atoms with Crippen LogP contribution in [-0.4, -0.2) is 74.4 Å². The highest BCUT2D eigenvalue weighted by Gasteiger charge is 2.64. The predicted molar refractivity (Wildman–Crippen MR) is 160 cm³/mol. The SMILES string of the molecule is CN(C)[C@H]1C(=O)C(C(N)=O)=C(O)[C@]2(O)C(=O)C3=C(O)c4c(O)ccc(-c5cccc(NC(=O)C6=CC=CC6)c5)c4C[C@@H]3C[C@H]12. The lowest BCUT2D eigenvalue weighted by molar-refractivity contribution is -0.153. The van der Waals surface area contributed by atoms with Gasteiger partial charge >= 0.3 is 0 Å². The molecule has 0 radical (unpaired) electrons. The number of nitrogens with zero attached hydrogens (tertiary/aromatic N) is 1. The number of hydrogen-bond donors (Lipinski definition) is 6. The van der Waals surface area contributed by atoms with Crippen LogP contribution in [0.4, 0.5) is 5.69 Å². The molecule has 0 saturated heterocycles. The molecule has 11 heteroatoms. The van der Waals surface area contributed by atoms with Gasteiger partial charge < -0.3 is 31.5 Å². The lowest BCUT2D eigenvalue weighted by Gasteiger charge is -2.50. The fraction of sp³-hybridized carbons (Fsp3) is 0.273. The molecule has 2 amide bonds. The molecule has 0 unspecified atom stereocenters. The number of phenolic OH excluding ortho intramolecular Hbond substituents is 1. The normalized spacial score (nSPS) is 25.9. The minimum atomic E-state index is -2.70. The Balaban J connectivity index is 1.46. The summed E-state index contributed by atoms with van der Waals surface area (Å²) in [5.41, 5.74) is 4.61. The number of amides is 2. The van der Waals surface area contributed by atoms with E-state index in [4.69, 9.17) is 5.73 Å². The number of rotatable bonds is 5. The third-order valence-corrected chi connectivity index (χ3v) is 9.10. The van der Waals surface area contributed by atoms with E-state index in [0.29, 0.717) is 34.4 Å². The van der Waals surface area contributed by atoms with Crippen LogP contribution in [0.3, 0.4) is 0 Å². The van der Waals surface area contributed by atoms with Gasteiger partial charge in [-0.15, -0.1) is 0 Å². The maximum atomic E-state index is 14.0. The van der Waals surface area contributed by atoms with Crippen molar-refractivity contribution in [3.05, 3.63) is 88.2 Å². The van der Waals surface area contributed by atoms with Crippen LogP contribution in [0.25, 0.3) is 16.9 Å². The van der Waals surface area contributed by atoms with Gasteiger partial charge in [0.1, 0.15) is 22.8 Å². The largest absolute Gasteiger partial charge is 0.508 e. The fourth-order valence-corrected chi connectivity index (χ4v) is 7.11. The lowest BCUT2D eigenvalue weighted by Crippen LogP contribution is -2.65. The second-order valence-electron chi connectivity index (χ2n) is 11.8. The molecule has 1 fully saturated rings. The van der Waals surface area contributed by atoms with Gasteiger partial charge in [0, 0.05) is 22.8 Å². The van der Waals surface area contributed by atoms with E-state index in [2.05, 4.69) is 5.32 Å². The van der Waals surface area contributed by atoms with E-state index in [1.165, 1.54) is 11.0 Å². The summed E-state index contributed by atoms with van der Waals surface area (Å²) in [4.78, 5) is 53.6. The van der Waals surface area contributed by atoms with Gasteiger partial charge in [0.2, 0.25) is 5.78 Å². The number of aromatic hydroxyl groups is 1. The molecule has 2 aromatic carbocycles. The van der Waals surface area contributed by atoms with Crippen molar-refractivity contribution in [1.82, 2.24) is 4.90 Å². The number of fused-ring (bicyclic) bond motifs is 3. The van der Waals surface area contributed by atoms with Crippen molar-refractivity contribution in [2.75, 3.05) is 19.4 Å². The molecule has 4 aliphatic carbocycles. The number of ketones is 2. The monoisotopic (exact) mass is 597 g/mol. The Morgan fingerprint density at radius 3 is 2.50 bits per heavy atom. The number of Topliss-reactive ketones (excluding diaryl/α,β-unsaturated/α-hetero) is 2. The number of nitrogens with one attached hydrogen (secondary N) is 1. The Morgan fingerprint density at radius 1 is 1.09 bits per heavy atom. The number of phenols is 1. The fourth-order valence-electron chi connectivity index (χ4n) is 7.11. The van der Waals surface area contributed by atoms with Crippen LogP contribution in [0.5, 0.6) is 5.75 Å². The minimum absolute atomic E-state index is 0.00425. The second kappa shape index (κ2) is 10.3. The molecule has 1 saturated carbocycles. The summed E-state index contributed by atoms with van der Waals surface area (Å²) in [5, 5.41) is 48.1. The van der Waals surface area contributed by atoms with E-state index in [-0.39, 0.29) is 35.6 Å². The van der Waals surface area contributed by atoms with Crippen LogP contribution in [-0.2, 0) is 25.6 Å². The molecule has 0 aromatic heterocycles. The third-order valence-electron chi connectivity index (χ3n) is 9.10. The van der Waals surface area contributed by atoms with Crippen LogP contribution < -0.4 is 11.1 Å². The second-order valence-corrected chi connectivity index (χ2v) is 11.8. The van der Waals surface area contributed by atoms with Crippen LogP contribution in [0.1, 0.15) is 24.0 Å². The van der Waals surface area contributed by atoms with Crippen molar-refractivity contribution in [3.63, 3.8) is 0 Å². The first-order valence-corrected chi connectivity index (χ1v) is 14.1. The molecule has 4 aliphatic rings. The first-order chi connectivity index (χ1) is 20.9. The zero-order valence-corrected chi connectivity index (χ0v) is 24.0. The van der Waals surface area contributed by atoms with E-state index in [1.54, 1.807) is 44.4 Å². The Hall–Kier alpha value is -5.00. The maximum absolute atomic E-state index is 14.0. The van der Waals surface area contributed by atoms with Crippen molar-refractivity contribution in [2.45, 2.75) is 30.9 Å². The van der Waals surface area contributed by atoms with Gasteiger partial charge in [0.15, 0.2) is 11.4 Å². The molecule has 11 nitrogen and oxygen atoms in total. The number of aliphatic hydroxyl groups excluding tert-OH is 2. The summed E-state index contributed by atoms with van der Waals surface area (Å²) in [6.07, 6.45) is 6.13. The van der Waals surface area contributed by atoms with Gasteiger partial charge in [-0.2, -0.15) is 0 Å². The highest BCUT2D eigenvalue weighted by atomic mass is 16.3. The Kier molecular flexibility index (Phi) is 6.82. The Bertz CT molecular complexity index is 1800. The van der Waals surface area contributed by atoms with E-state index < -0.39 is 58.0 Å². The molecule has 44 heavy (non-hydrogen) atoms. The molecular formula is C33H31N3O8. The van der Waals surface area contributed by atoms with Crippen molar-refractivity contribution in [2.24, 2.45) is 17.6 Å². The highest BCUT2D eigenvalue weighted by molar-refractivity contribution is 6.24. The number of primary amides is 1. The van der Waals surface area contributed by atoms with E-state index >= 15 is 0 Å². The zero-order chi connectivity index (χ0) is 31.7. The Labute approximate surface area is 252 Å². The number of nitrogens with two attached hydrogens (primary N) is 1. The number of carbonyl (C=O) groups excluding carboxylic acids is 4. The molecule has 0 heterocycles. The maximum Gasteiger partial charge on any atom is 0.255 e. The summed E-state index contributed by atoms with van der Waals surface area (Å²) < 4.78 is 0. The summed E-state index contributed by atoms with van der Waals surface area (Å²) in [5.74, 6) is -7.26. The van der Waals surface area contributed by atoms with Gasteiger partial charge in [-0.05, 0) is 74.2 Å². The van der Waals surface area contributed by atoms with Gasteiger partial charge in [0.05, 0.1) is 11.6 Å². The number of anilines is 1. The van der Waals surface area contributed by atoms with E-state index in [1.807, 2.05) is 18.2 Å². The van der Waals surface area contributed by atoms with Crippen molar-refractivity contribution in [1.29, 1.82) is 0 Å². The van der Waals surface area contributed by atoms with Gasteiger partial charge in [0.25, 0.3) is 11.8 Å². The van der Waals surface area contributed by atoms with Crippen molar-refractivity contribution >= 4 is 34.8 Å². The molecule has 7 N–H and O–H groups in total. The summed E-state index contributed by atoms with van der Waals surface area (Å²) in [6.45, 7) is 0. The highest BCUT2D eigenvalue weighted by Crippen LogP contribution is 2.53. The third kappa shape index (κ3) is 4.19. The molecule has 0 aliphatic heterocycles. The van der Waals surface area contributed by atoms with Crippen LogP contribution in [0, 0.1) is 11.8 Å². The van der Waals surface area contributed by atoms with Crippen LogP contribution >= 0.6 is 0 Å². The van der Waals surface area contributed by atoms with E-state index in [9.17, 15) is 39.6 Å². The van der Waals surface area contributed by atoms with Gasteiger partial charge in [-0.25, -0.2) is 0 Å². The quantitative estimate of drug-likeness (QED) is 0.281. The summed E-state index contributed by atoms with van der Waals surface area (Å²) in [7, 11) is 3.10. The zero-order valence-electron chi connectivity index (χ0n) is 24.0. The topological polar surface area (TPSA) is 190 Å². The number of likely N-dealkylation sites (N-methyl/N-ethyl adjacent to an activating group) is 1. The number of hydrogen-bond acceptors (Lipinski definition) is 9. The van der Waals surface area contributed by atoms with E-state index in [0.717, 1.165) is 0 Å². The summed E-state index contributed by atoms with van der Waals surface area (Å²) >= 11 is 0. The first-order valence-electron chi connectivity index (χ1n) is 14.1. The number of carbonyl (C=O) groups is 4. The molecule has 2 aromatic rings. The van der Waals surface area contributed by atoms with Crippen molar-refractivity contribution in [3.8, 4) is 16.9 Å². The number of aliphatic hydroxyl groups is 3. The average molecular weight is 598 g/mol. The molecule has 6 rings (SSSR count). The van der Waals surface area contributed by atoms with Gasteiger partial charge in [-0.3, -0.25) is 24.1 Å². The standard InChI is InChI=1S/C33H31N3O8/c1-36(2)26-21-14-17-13-20-19(16-8-5-9-18(12-16)35-32(43)15-6-3-4-7-15)10-11-22(37)24(20)27(38)23(17)29(40)33(21,44)30(41)25(28(26)39)31(34)42/h3-6,8-12,17,21,26,37-38,41,44H,7,13-14H2,1-2H3,(H2,34,42)(H,35,43)/t17-,21-,26-,33-/m1/s1. The molecular weight excluding hydrogens is 566 g/mol. The molecule has 226 valence electrons. The molecule has 0 spiro atoms. The minimum Gasteiger partial charge on any atom is -0.508 e. The van der Waals surface area contributed by atoms with Crippen LogP contribution in [0.15, 0.2) is 77.1 Å². The predicted octanol–water partition coefficient (Wildman–Crippen LogP) is 2.46. The summed E-state index contributed by atoms with van der Waals surface area (Å²) in [6, 6.07) is 8.98. The number of benzene rings is 2. The van der Waals surface area contributed by atoms with Crippen LogP contribution in [0.2, 0.25) is 0 Å². The molecule has 4 atom stereocenters. The Morgan fingerprint density at radius 2 is 1.84 bits per heavy atom. The number of allylic oxidation sites excluding steroid dienone is 3. The first kappa shape index (κ1) is 29.1. The lowest BCUT2D eigenvalue weighted by atomic mass is 9.57. The van der Waals surface area contributed by atoms with Gasteiger partial charge in [-0.1, -0.05) is 36.4 Å².